The van der Waals surface area contributed by atoms with Crippen molar-refractivity contribution in [3.8, 4) is 11.3 Å². The lowest BCUT2D eigenvalue weighted by Gasteiger charge is -2.33. The van der Waals surface area contributed by atoms with Crippen molar-refractivity contribution in [3.05, 3.63) is 64.8 Å². The number of piperazine rings is 1. The van der Waals surface area contributed by atoms with Crippen LogP contribution in [0.25, 0.3) is 22.2 Å². The molecule has 3 N–H and O–H groups in total. The van der Waals surface area contributed by atoms with E-state index >= 15 is 0 Å². The van der Waals surface area contributed by atoms with Crippen LogP contribution in [0, 0.1) is 0 Å². The zero-order valence-electron chi connectivity index (χ0n) is 32.5. The van der Waals surface area contributed by atoms with E-state index in [9.17, 15) is 22.8 Å². The Balaban J connectivity index is 1.09. The molecule has 0 unspecified atom stereocenters. The van der Waals surface area contributed by atoms with Crippen LogP contribution in [0.15, 0.2) is 42.6 Å². The number of benzene rings is 2. The van der Waals surface area contributed by atoms with Crippen LogP contribution >= 0.6 is 0 Å². The molecule has 1 saturated heterocycles. The van der Waals surface area contributed by atoms with Crippen LogP contribution in [0.3, 0.4) is 0 Å². The lowest BCUT2D eigenvalue weighted by molar-refractivity contribution is -0.138. The summed E-state index contributed by atoms with van der Waals surface area (Å²) in [5.41, 5.74) is 2.72. The third-order valence-electron chi connectivity index (χ3n) is 10.2. The Morgan fingerprint density at radius 3 is 2.31 bits per heavy atom. The number of hydrogen-bond donors (Lipinski definition) is 3. The van der Waals surface area contributed by atoms with Crippen molar-refractivity contribution in [2.45, 2.75) is 96.6 Å². The van der Waals surface area contributed by atoms with Crippen LogP contribution < -0.4 is 16.0 Å². The molecule has 0 atom stereocenters. The molecule has 2 aromatic heterocycles. The van der Waals surface area contributed by atoms with Gasteiger partial charge in [0.2, 0.25) is 11.9 Å². The summed E-state index contributed by atoms with van der Waals surface area (Å²) in [5.74, 6) is 0.393. The molecule has 296 valence electrons. The number of ether oxygens (including phenoxy) is 1. The van der Waals surface area contributed by atoms with E-state index in [0.29, 0.717) is 24.9 Å². The number of rotatable bonds is 10. The first-order valence-corrected chi connectivity index (χ1v) is 19.0. The molecule has 1 aliphatic heterocycles. The molecule has 1 aliphatic carbocycles. The summed E-state index contributed by atoms with van der Waals surface area (Å²) in [7, 11) is 3.78. The van der Waals surface area contributed by atoms with Crippen LogP contribution in [-0.2, 0) is 42.1 Å². The smallest absolute Gasteiger partial charge is 0.416 e. The molecule has 0 bridgehead atoms. The maximum absolute atomic E-state index is 14.1. The van der Waals surface area contributed by atoms with E-state index in [0.717, 1.165) is 79.0 Å². The number of halogens is 3. The number of nitrogens with one attached hydrogen (secondary N) is 3. The Kier molecular flexibility index (Phi) is 12.0. The molecule has 3 heterocycles. The van der Waals surface area contributed by atoms with Gasteiger partial charge in [-0.15, -0.1) is 0 Å². The number of anilines is 2. The largest absolute Gasteiger partial charge is 0.444 e. The van der Waals surface area contributed by atoms with E-state index in [4.69, 9.17) is 9.72 Å². The molecule has 2 aromatic carbocycles. The second kappa shape index (κ2) is 16.5. The first-order valence-electron chi connectivity index (χ1n) is 19.0. The van der Waals surface area contributed by atoms with Gasteiger partial charge in [0.05, 0.1) is 23.2 Å². The van der Waals surface area contributed by atoms with Crippen molar-refractivity contribution in [1.82, 2.24) is 34.9 Å². The summed E-state index contributed by atoms with van der Waals surface area (Å²) < 4.78 is 49.4. The van der Waals surface area contributed by atoms with Crippen molar-refractivity contribution in [3.63, 3.8) is 0 Å². The van der Waals surface area contributed by atoms with Crippen molar-refractivity contribution >= 4 is 34.7 Å². The molecule has 4 aromatic rings. The molecular formula is C40H52F3N9O3. The minimum Gasteiger partial charge on any atom is -0.444 e. The third-order valence-corrected chi connectivity index (χ3v) is 10.2. The highest BCUT2D eigenvalue weighted by molar-refractivity contribution is 5.92. The predicted octanol–water partition coefficient (Wildman–Crippen LogP) is 6.79. The molecule has 6 rings (SSSR count). The molecule has 12 nitrogen and oxygen atoms in total. The zero-order valence-corrected chi connectivity index (χ0v) is 32.5. The van der Waals surface area contributed by atoms with Crippen LogP contribution in [0.2, 0.25) is 0 Å². The Bertz CT molecular complexity index is 1990. The number of aryl methyl sites for hydroxylation is 2. The van der Waals surface area contributed by atoms with E-state index < -0.39 is 23.2 Å². The van der Waals surface area contributed by atoms with Crippen LogP contribution in [0.5, 0.6) is 0 Å². The Labute approximate surface area is 320 Å². The van der Waals surface area contributed by atoms with Gasteiger partial charge < -0.3 is 25.6 Å². The maximum Gasteiger partial charge on any atom is 0.416 e. The van der Waals surface area contributed by atoms with Gasteiger partial charge in [0.1, 0.15) is 5.60 Å². The topological polar surface area (TPSA) is 130 Å². The molecule has 1 saturated carbocycles. The number of carbonyl (C=O) groups excluding carboxylic acids is 2. The number of alkyl carbamates (subject to hydrolysis) is 1. The summed E-state index contributed by atoms with van der Waals surface area (Å²) in [6.45, 7) is 10.8. The van der Waals surface area contributed by atoms with Crippen molar-refractivity contribution in [2.75, 3.05) is 43.9 Å². The molecule has 2 aliphatic rings. The van der Waals surface area contributed by atoms with E-state index in [1.807, 2.05) is 38.8 Å². The second-order valence-electron chi connectivity index (χ2n) is 15.8. The van der Waals surface area contributed by atoms with Crippen LogP contribution in [0.1, 0.15) is 75.6 Å². The van der Waals surface area contributed by atoms with Crippen LogP contribution in [-0.4, -0.2) is 92.5 Å². The summed E-state index contributed by atoms with van der Waals surface area (Å²) in [6, 6.07) is 10.2. The van der Waals surface area contributed by atoms with Gasteiger partial charge in [-0.2, -0.15) is 18.3 Å². The minimum absolute atomic E-state index is 0.0672. The summed E-state index contributed by atoms with van der Waals surface area (Å²) in [5, 5.41) is 14.6. The summed E-state index contributed by atoms with van der Waals surface area (Å²) in [4.78, 5) is 39.0. The molecule has 2 fully saturated rings. The second-order valence-corrected chi connectivity index (χ2v) is 15.8. The van der Waals surface area contributed by atoms with Gasteiger partial charge in [-0.1, -0.05) is 19.1 Å². The highest BCUT2D eigenvalue weighted by atomic mass is 19.4. The number of carbonyl (C=O) groups is 2. The van der Waals surface area contributed by atoms with E-state index in [1.165, 1.54) is 6.07 Å². The van der Waals surface area contributed by atoms with Crippen molar-refractivity contribution in [1.29, 1.82) is 0 Å². The van der Waals surface area contributed by atoms with Gasteiger partial charge >= 0.3 is 12.3 Å². The number of alkyl halides is 3. The lowest BCUT2D eigenvalue weighted by Crippen LogP contribution is -2.44. The van der Waals surface area contributed by atoms with Gasteiger partial charge in [0.25, 0.3) is 0 Å². The average molecular weight is 764 g/mol. The number of aromatic nitrogens is 4. The van der Waals surface area contributed by atoms with Crippen molar-refractivity contribution in [2.24, 2.45) is 7.05 Å². The lowest BCUT2D eigenvalue weighted by atomic mass is 9.91. The highest BCUT2D eigenvalue weighted by Crippen LogP contribution is 2.34. The number of likely N-dealkylation sites (N-methyl/N-ethyl adjacent to an activating group) is 1. The Morgan fingerprint density at radius 1 is 0.927 bits per heavy atom. The fourth-order valence-electron chi connectivity index (χ4n) is 7.30. The minimum atomic E-state index is -4.53. The van der Waals surface area contributed by atoms with Gasteiger partial charge in [-0.3, -0.25) is 14.4 Å². The molecular weight excluding hydrogens is 711 g/mol. The van der Waals surface area contributed by atoms with Crippen LogP contribution in [0.4, 0.5) is 29.7 Å². The quantitative estimate of drug-likeness (QED) is 0.160. The first kappa shape index (κ1) is 39.9. The molecule has 2 amide bonds. The van der Waals surface area contributed by atoms with Gasteiger partial charge in [0.15, 0.2) is 5.82 Å². The number of amides is 2. The number of nitrogens with zero attached hydrogens (tertiary/aromatic N) is 6. The fraction of sp³-hybridized carbons (Fsp3) is 0.525. The number of hydrogen-bond acceptors (Lipinski definition) is 9. The van der Waals surface area contributed by atoms with E-state index in [1.54, 1.807) is 30.1 Å². The van der Waals surface area contributed by atoms with E-state index in [2.05, 4.69) is 43.9 Å². The summed E-state index contributed by atoms with van der Waals surface area (Å²) >= 11 is 0. The maximum atomic E-state index is 14.1. The molecule has 0 spiro atoms. The molecule has 15 heteroatoms. The van der Waals surface area contributed by atoms with Gasteiger partial charge in [-0.05, 0) is 94.8 Å². The average Bonchev–Trinajstić information content (AvgIpc) is 3.48. The van der Waals surface area contributed by atoms with E-state index in [-0.39, 0.29) is 42.3 Å². The first-order chi connectivity index (χ1) is 26.0. The van der Waals surface area contributed by atoms with Gasteiger partial charge in [-0.25, -0.2) is 14.8 Å². The normalized spacial score (nSPS) is 18.6. The molecule has 55 heavy (non-hydrogen) atoms. The standard InChI is InChI=1S/C40H52F3N9O3/c1-7-26-20-28(21-29-23-44-37(48-36(26)29)45-30-10-12-31(13-11-30)46-38(54)55-39(2,3)4)33-22-34(49-51(33)6)47-35(53)19-25-8-9-27(32(18-25)40(41,42)43)24-52-16-14-50(5)15-17-52/h8-9,18,20-23,30-31H,7,10-17,19,24H2,1-6H3,(H,46,54)(H,44,45,48)(H,47,49,53). The fourth-order valence-corrected chi connectivity index (χ4v) is 7.30. The SMILES string of the molecule is CCc1cc(-c2cc(NC(=O)Cc3ccc(CN4CCN(C)CC4)c(C(F)(F)F)c3)nn2C)cc2cnc(NC3CCC(NC(=O)OC(C)(C)C)CC3)nc12. The van der Waals surface area contributed by atoms with Crippen molar-refractivity contribution < 1.29 is 27.5 Å². The summed E-state index contributed by atoms with van der Waals surface area (Å²) in [6.07, 6.45) is 0.740. The Hall–Kier alpha value is -4.76. The third kappa shape index (κ3) is 10.5. The number of fused-ring (bicyclic) bond motifs is 1. The highest BCUT2D eigenvalue weighted by Gasteiger charge is 2.34. The van der Waals surface area contributed by atoms with Gasteiger partial charge in [0, 0.05) is 75.1 Å². The zero-order chi connectivity index (χ0) is 39.5. The monoisotopic (exact) mass is 763 g/mol. The molecule has 0 radical (unpaired) electrons. The Morgan fingerprint density at radius 2 is 1.64 bits per heavy atom. The predicted molar refractivity (Wildman–Crippen MR) is 207 cm³/mol.